The van der Waals surface area contributed by atoms with E-state index in [1.54, 1.807) is 18.2 Å². The molecular formula is C15H22N2O2. The number of amides is 1. The highest BCUT2D eigenvalue weighted by molar-refractivity contribution is 5.95. The van der Waals surface area contributed by atoms with Crippen LogP contribution in [-0.2, 0) is 0 Å². The summed E-state index contributed by atoms with van der Waals surface area (Å²) in [6.07, 6.45) is 4.09. The number of likely N-dealkylation sites (tertiary alicyclic amines) is 1. The smallest absolute Gasteiger partial charge is 0.254 e. The Hall–Kier alpha value is -1.55. The summed E-state index contributed by atoms with van der Waals surface area (Å²) in [6, 6.07) is 5.37. The Morgan fingerprint density at radius 3 is 2.95 bits per heavy atom. The predicted molar refractivity (Wildman–Crippen MR) is 75.2 cm³/mol. The Bertz CT molecular complexity index is 457. The fraction of sp³-hybridized carbons (Fsp3) is 0.533. The van der Waals surface area contributed by atoms with Crippen molar-refractivity contribution in [3.8, 4) is 5.75 Å². The maximum atomic E-state index is 12.5. The zero-order chi connectivity index (χ0) is 13.8. The van der Waals surface area contributed by atoms with Crippen LogP contribution in [0.1, 0.15) is 41.6 Å². The number of carbonyl (C=O) groups is 1. The number of phenols is 1. The first-order chi connectivity index (χ1) is 9.13. The van der Waals surface area contributed by atoms with Crippen molar-refractivity contribution in [1.82, 2.24) is 4.90 Å². The summed E-state index contributed by atoms with van der Waals surface area (Å²) < 4.78 is 0. The van der Waals surface area contributed by atoms with Crippen LogP contribution in [0.25, 0.3) is 0 Å². The van der Waals surface area contributed by atoms with E-state index in [0.717, 1.165) is 37.8 Å². The number of benzene rings is 1. The second kappa shape index (κ2) is 6.06. The fourth-order valence-electron chi connectivity index (χ4n) is 2.67. The summed E-state index contributed by atoms with van der Waals surface area (Å²) in [5, 5.41) is 9.73. The summed E-state index contributed by atoms with van der Waals surface area (Å²) in [4.78, 5) is 14.4. The van der Waals surface area contributed by atoms with Crippen molar-refractivity contribution in [1.29, 1.82) is 0 Å². The van der Waals surface area contributed by atoms with Gasteiger partial charge in [-0.2, -0.15) is 0 Å². The lowest BCUT2D eigenvalue weighted by molar-refractivity contribution is 0.0604. The predicted octanol–water partition coefficient (Wildman–Crippen LogP) is 2.04. The van der Waals surface area contributed by atoms with Crippen LogP contribution in [0, 0.1) is 6.92 Å². The van der Waals surface area contributed by atoms with Gasteiger partial charge >= 0.3 is 0 Å². The van der Waals surface area contributed by atoms with Crippen LogP contribution in [-0.4, -0.2) is 35.0 Å². The molecule has 1 heterocycles. The molecule has 1 aliphatic rings. The van der Waals surface area contributed by atoms with E-state index in [0.29, 0.717) is 12.1 Å². The standard InChI is InChI=1S/C15H22N2O2/c1-11-5-6-12(10-14(11)18)15(19)17-9-3-2-4-13(17)7-8-16/h5-6,10,13,18H,2-4,7-9,16H2,1H3. The molecule has 0 radical (unpaired) electrons. The average Bonchev–Trinajstić information content (AvgIpc) is 2.42. The van der Waals surface area contributed by atoms with E-state index < -0.39 is 0 Å². The Labute approximate surface area is 114 Å². The summed E-state index contributed by atoms with van der Waals surface area (Å²) in [5.74, 6) is 0.187. The Kier molecular flexibility index (Phi) is 4.43. The van der Waals surface area contributed by atoms with Crippen LogP contribution >= 0.6 is 0 Å². The molecular weight excluding hydrogens is 240 g/mol. The minimum absolute atomic E-state index is 0.00782. The molecule has 1 aromatic carbocycles. The van der Waals surface area contributed by atoms with Crippen molar-refractivity contribution in [3.05, 3.63) is 29.3 Å². The molecule has 1 aliphatic heterocycles. The molecule has 104 valence electrons. The number of carbonyl (C=O) groups excluding carboxylic acids is 1. The third kappa shape index (κ3) is 3.07. The Morgan fingerprint density at radius 1 is 1.47 bits per heavy atom. The first-order valence-corrected chi connectivity index (χ1v) is 6.94. The topological polar surface area (TPSA) is 66.6 Å². The summed E-state index contributed by atoms with van der Waals surface area (Å²) >= 11 is 0. The van der Waals surface area contributed by atoms with E-state index in [2.05, 4.69) is 0 Å². The van der Waals surface area contributed by atoms with Gasteiger partial charge in [0, 0.05) is 18.2 Å². The molecule has 1 atom stereocenters. The van der Waals surface area contributed by atoms with Crippen LogP contribution in [0.15, 0.2) is 18.2 Å². The van der Waals surface area contributed by atoms with Crippen molar-refractivity contribution in [2.75, 3.05) is 13.1 Å². The van der Waals surface area contributed by atoms with Gasteiger partial charge in [0.1, 0.15) is 5.75 Å². The zero-order valence-corrected chi connectivity index (χ0v) is 11.4. The molecule has 0 bridgehead atoms. The van der Waals surface area contributed by atoms with Crippen LogP contribution in [0.5, 0.6) is 5.75 Å². The van der Waals surface area contributed by atoms with Gasteiger partial charge in [-0.05, 0) is 56.8 Å². The van der Waals surface area contributed by atoms with Crippen molar-refractivity contribution in [3.63, 3.8) is 0 Å². The number of aryl methyl sites for hydroxylation is 1. The van der Waals surface area contributed by atoms with E-state index in [1.807, 2.05) is 11.8 Å². The maximum Gasteiger partial charge on any atom is 0.254 e. The molecule has 1 amide bonds. The Morgan fingerprint density at radius 2 is 2.26 bits per heavy atom. The number of aromatic hydroxyl groups is 1. The fourth-order valence-corrected chi connectivity index (χ4v) is 2.67. The van der Waals surface area contributed by atoms with Crippen LogP contribution in [0.2, 0.25) is 0 Å². The first kappa shape index (κ1) is 13.9. The molecule has 1 fully saturated rings. The van der Waals surface area contributed by atoms with Crippen LogP contribution in [0.3, 0.4) is 0 Å². The lowest BCUT2D eigenvalue weighted by Crippen LogP contribution is -2.44. The quantitative estimate of drug-likeness (QED) is 0.876. The molecule has 3 N–H and O–H groups in total. The number of nitrogens with zero attached hydrogens (tertiary/aromatic N) is 1. The number of nitrogens with two attached hydrogens (primary N) is 1. The van der Waals surface area contributed by atoms with E-state index in [1.165, 1.54) is 0 Å². The molecule has 0 saturated carbocycles. The van der Waals surface area contributed by atoms with E-state index in [9.17, 15) is 9.90 Å². The number of piperidine rings is 1. The lowest BCUT2D eigenvalue weighted by Gasteiger charge is -2.35. The second-order valence-corrected chi connectivity index (χ2v) is 5.23. The Balaban J connectivity index is 2.18. The third-order valence-corrected chi connectivity index (χ3v) is 3.84. The van der Waals surface area contributed by atoms with Gasteiger partial charge in [0.25, 0.3) is 5.91 Å². The maximum absolute atomic E-state index is 12.5. The summed E-state index contributed by atoms with van der Waals surface area (Å²) in [5.41, 5.74) is 6.97. The number of rotatable bonds is 3. The molecule has 0 aliphatic carbocycles. The van der Waals surface area contributed by atoms with Crippen LogP contribution in [0.4, 0.5) is 0 Å². The molecule has 4 heteroatoms. The van der Waals surface area contributed by atoms with E-state index in [4.69, 9.17) is 5.73 Å². The lowest BCUT2D eigenvalue weighted by atomic mass is 9.98. The molecule has 1 aromatic rings. The van der Waals surface area contributed by atoms with Gasteiger partial charge in [-0.3, -0.25) is 4.79 Å². The molecule has 2 rings (SSSR count). The second-order valence-electron chi connectivity index (χ2n) is 5.23. The number of hydrogen-bond donors (Lipinski definition) is 2. The van der Waals surface area contributed by atoms with Crippen LogP contribution < -0.4 is 5.73 Å². The first-order valence-electron chi connectivity index (χ1n) is 6.94. The van der Waals surface area contributed by atoms with Gasteiger partial charge in [0.15, 0.2) is 0 Å². The summed E-state index contributed by atoms with van der Waals surface area (Å²) in [7, 11) is 0. The van der Waals surface area contributed by atoms with E-state index >= 15 is 0 Å². The van der Waals surface area contributed by atoms with Gasteiger partial charge in [-0.15, -0.1) is 0 Å². The highest BCUT2D eigenvalue weighted by atomic mass is 16.3. The number of hydrogen-bond acceptors (Lipinski definition) is 3. The molecule has 0 spiro atoms. The van der Waals surface area contributed by atoms with Crippen molar-refractivity contribution in [2.24, 2.45) is 5.73 Å². The number of phenolic OH excluding ortho intramolecular Hbond substituents is 1. The van der Waals surface area contributed by atoms with E-state index in [-0.39, 0.29) is 17.7 Å². The van der Waals surface area contributed by atoms with Gasteiger partial charge < -0.3 is 15.7 Å². The molecule has 1 saturated heterocycles. The van der Waals surface area contributed by atoms with Crippen molar-refractivity contribution >= 4 is 5.91 Å². The average molecular weight is 262 g/mol. The van der Waals surface area contributed by atoms with Gasteiger partial charge in [0.2, 0.25) is 0 Å². The molecule has 0 aromatic heterocycles. The van der Waals surface area contributed by atoms with Gasteiger partial charge in [-0.25, -0.2) is 0 Å². The largest absolute Gasteiger partial charge is 0.508 e. The monoisotopic (exact) mass is 262 g/mol. The minimum Gasteiger partial charge on any atom is -0.508 e. The zero-order valence-electron chi connectivity index (χ0n) is 11.4. The highest BCUT2D eigenvalue weighted by Gasteiger charge is 2.27. The molecule has 1 unspecified atom stereocenters. The third-order valence-electron chi connectivity index (χ3n) is 3.84. The van der Waals surface area contributed by atoms with Gasteiger partial charge in [0.05, 0.1) is 0 Å². The SMILES string of the molecule is Cc1ccc(C(=O)N2CCCCC2CCN)cc1O. The molecule has 4 nitrogen and oxygen atoms in total. The highest BCUT2D eigenvalue weighted by Crippen LogP contribution is 2.24. The van der Waals surface area contributed by atoms with Crippen molar-refractivity contribution < 1.29 is 9.90 Å². The summed E-state index contributed by atoms with van der Waals surface area (Å²) in [6.45, 7) is 3.22. The molecule has 19 heavy (non-hydrogen) atoms. The van der Waals surface area contributed by atoms with Crippen molar-refractivity contribution in [2.45, 2.75) is 38.6 Å². The van der Waals surface area contributed by atoms with Gasteiger partial charge in [-0.1, -0.05) is 6.07 Å². The minimum atomic E-state index is 0.00782. The normalized spacial score (nSPS) is 19.5.